The third-order valence-corrected chi connectivity index (χ3v) is 7.19. The van der Waals surface area contributed by atoms with Crippen molar-refractivity contribution in [2.45, 2.75) is 58.7 Å². The molecule has 0 fully saturated rings. The summed E-state index contributed by atoms with van der Waals surface area (Å²) in [4.78, 5) is 2.21. The third-order valence-electron chi connectivity index (χ3n) is 5.40. The summed E-state index contributed by atoms with van der Waals surface area (Å²) in [6.07, 6.45) is -0.298. The summed E-state index contributed by atoms with van der Waals surface area (Å²) in [5.74, 6) is 4.52. The molecule has 0 bridgehead atoms. The van der Waals surface area contributed by atoms with Crippen molar-refractivity contribution in [1.82, 2.24) is 0 Å². The molecular formula is C30H39NO4S2. The molecule has 0 spiro atoms. The summed E-state index contributed by atoms with van der Waals surface area (Å²) in [7, 11) is 0. The van der Waals surface area contributed by atoms with Gasteiger partial charge in [-0.15, -0.1) is 23.5 Å². The van der Waals surface area contributed by atoms with Crippen LogP contribution in [0.2, 0.25) is 0 Å². The fourth-order valence-corrected chi connectivity index (χ4v) is 5.15. The topological polar surface area (TPSA) is 40.2 Å². The molecule has 0 aliphatic rings. The summed E-state index contributed by atoms with van der Waals surface area (Å²) >= 11 is 3.56. The Labute approximate surface area is 230 Å². The van der Waals surface area contributed by atoms with Crippen molar-refractivity contribution in [3.63, 3.8) is 0 Å². The van der Waals surface area contributed by atoms with Crippen molar-refractivity contribution >= 4 is 40.6 Å². The molecule has 3 rings (SSSR count). The van der Waals surface area contributed by atoms with Crippen LogP contribution in [0.25, 0.3) is 0 Å². The number of thioether (sulfide) groups is 2. The van der Waals surface area contributed by atoms with Gasteiger partial charge in [0.2, 0.25) is 0 Å². The van der Waals surface area contributed by atoms with Crippen LogP contribution in [-0.4, -0.2) is 35.3 Å². The number of ether oxygens (including phenoxy) is 4. The molecule has 3 aromatic rings. The van der Waals surface area contributed by atoms with Gasteiger partial charge in [-0.3, -0.25) is 0 Å². The molecule has 5 nitrogen and oxygen atoms in total. The SMILES string of the molecule is CCOC(C)Oc1ccc(N(c2ccc(OC(C)SCC)cc2)c2ccc(OC(C)SCC)cc2)cc1. The first-order valence-electron chi connectivity index (χ1n) is 12.9. The van der Waals surface area contributed by atoms with Crippen molar-refractivity contribution in [3.8, 4) is 17.2 Å². The predicted molar refractivity (Wildman–Crippen MR) is 159 cm³/mol. The van der Waals surface area contributed by atoms with E-state index in [4.69, 9.17) is 18.9 Å². The second-order valence-corrected chi connectivity index (χ2v) is 11.4. The molecular weight excluding hydrogens is 502 g/mol. The highest BCUT2D eigenvalue weighted by Crippen LogP contribution is 2.37. The second-order valence-electron chi connectivity index (χ2n) is 8.24. The summed E-state index contributed by atoms with van der Waals surface area (Å²) in [6.45, 7) is 12.9. The average molecular weight is 542 g/mol. The first-order valence-corrected chi connectivity index (χ1v) is 15.0. The van der Waals surface area contributed by atoms with Gasteiger partial charge in [0.05, 0.1) is 0 Å². The molecule has 0 saturated heterocycles. The molecule has 0 aromatic heterocycles. The third kappa shape index (κ3) is 9.09. The smallest absolute Gasteiger partial charge is 0.196 e. The number of rotatable bonds is 15. The Morgan fingerprint density at radius 2 is 0.919 bits per heavy atom. The van der Waals surface area contributed by atoms with E-state index in [9.17, 15) is 0 Å². The average Bonchev–Trinajstić information content (AvgIpc) is 2.88. The van der Waals surface area contributed by atoms with E-state index >= 15 is 0 Å². The Morgan fingerprint density at radius 1 is 0.568 bits per heavy atom. The molecule has 37 heavy (non-hydrogen) atoms. The molecule has 7 heteroatoms. The lowest BCUT2D eigenvalue weighted by Crippen LogP contribution is -2.16. The zero-order valence-corrected chi connectivity index (χ0v) is 24.3. The molecule has 0 saturated carbocycles. The van der Waals surface area contributed by atoms with Gasteiger partial charge in [-0.2, -0.15) is 0 Å². The highest BCUT2D eigenvalue weighted by Gasteiger charge is 2.15. The van der Waals surface area contributed by atoms with Crippen molar-refractivity contribution in [3.05, 3.63) is 72.8 Å². The van der Waals surface area contributed by atoms with Crippen molar-refractivity contribution < 1.29 is 18.9 Å². The molecule has 200 valence electrons. The van der Waals surface area contributed by atoms with Gasteiger partial charge in [0.1, 0.15) is 28.1 Å². The van der Waals surface area contributed by atoms with E-state index in [2.05, 4.69) is 69.0 Å². The zero-order chi connectivity index (χ0) is 26.6. The fraction of sp³-hybridized carbons (Fsp3) is 0.400. The lowest BCUT2D eigenvalue weighted by Gasteiger charge is -2.26. The van der Waals surface area contributed by atoms with Gasteiger partial charge < -0.3 is 23.8 Å². The van der Waals surface area contributed by atoms with E-state index in [1.165, 1.54) is 0 Å². The van der Waals surface area contributed by atoms with E-state index in [0.717, 1.165) is 45.8 Å². The molecule has 0 N–H and O–H groups in total. The predicted octanol–water partition coefficient (Wildman–Crippen LogP) is 8.87. The molecule has 0 aliphatic heterocycles. The summed E-state index contributed by atoms with van der Waals surface area (Å²) in [5, 5.41) is 0. The standard InChI is InChI=1S/C30H39NO4S2/c1-7-32-22(4)33-28-16-10-25(11-17-28)31(26-12-18-29(19-13-26)34-23(5)36-8-2)27-14-20-30(21-15-27)35-24(6)37-9-3/h10-24H,7-9H2,1-6H3. The minimum absolute atomic E-state index is 0.111. The van der Waals surface area contributed by atoms with E-state index in [1.807, 2.05) is 50.2 Å². The highest BCUT2D eigenvalue weighted by molar-refractivity contribution is 7.99. The fourth-order valence-electron chi connectivity index (χ4n) is 3.85. The zero-order valence-electron chi connectivity index (χ0n) is 22.7. The second kappa shape index (κ2) is 15.1. The van der Waals surface area contributed by atoms with Crippen molar-refractivity contribution in [2.75, 3.05) is 23.0 Å². The summed E-state index contributed by atoms with van der Waals surface area (Å²) in [6, 6.07) is 24.5. The summed E-state index contributed by atoms with van der Waals surface area (Å²) in [5.41, 5.74) is 3.30. The number of hydrogen-bond acceptors (Lipinski definition) is 7. The molecule has 3 unspecified atom stereocenters. The minimum atomic E-state index is -0.298. The van der Waals surface area contributed by atoms with Crippen LogP contribution in [-0.2, 0) is 4.74 Å². The van der Waals surface area contributed by atoms with E-state index in [1.54, 1.807) is 23.5 Å². The van der Waals surface area contributed by atoms with E-state index in [0.29, 0.717) is 6.61 Å². The van der Waals surface area contributed by atoms with Crippen LogP contribution in [0.1, 0.15) is 41.5 Å². The molecule has 0 amide bonds. The number of hydrogen-bond donors (Lipinski definition) is 0. The monoisotopic (exact) mass is 541 g/mol. The summed E-state index contributed by atoms with van der Waals surface area (Å²) < 4.78 is 23.5. The number of benzene rings is 3. The van der Waals surface area contributed by atoms with Gasteiger partial charge in [0.25, 0.3) is 0 Å². The molecule has 0 radical (unpaired) electrons. The molecule has 0 heterocycles. The van der Waals surface area contributed by atoms with Crippen LogP contribution >= 0.6 is 23.5 Å². The maximum absolute atomic E-state index is 6.04. The van der Waals surface area contributed by atoms with Crippen LogP contribution in [0.5, 0.6) is 17.2 Å². The van der Waals surface area contributed by atoms with Crippen LogP contribution < -0.4 is 19.1 Å². The Hall–Kier alpha value is -2.48. The van der Waals surface area contributed by atoms with Crippen molar-refractivity contribution in [2.24, 2.45) is 0 Å². The lowest BCUT2D eigenvalue weighted by molar-refractivity contribution is -0.0613. The van der Waals surface area contributed by atoms with Crippen LogP contribution in [0.4, 0.5) is 17.1 Å². The number of nitrogens with zero attached hydrogens (tertiary/aromatic N) is 1. The Balaban J connectivity index is 1.87. The molecule has 0 aliphatic carbocycles. The van der Waals surface area contributed by atoms with Crippen LogP contribution in [0, 0.1) is 0 Å². The van der Waals surface area contributed by atoms with Crippen LogP contribution in [0.3, 0.4) is 0 Å². The van der Waals surface area contributed by atoms with Gasteiger partial charge in [0, 0.05) is 23.7 Å². The quantitative estimate of drug-likeness (QED) is 0.178. The molecule has 3 atom stereocenters. The Morgan fingerprint density at radius 3 is 1.24 bits per heavy atom. The molecule has 3 aromatic carbocycles. The largest absolute Gasteiger partial charge is 0.480 e. The van der Waals surface area contributed by atoms with Crippen LogP contribution in [0.15, 0.2) is 72.8 Å². The van der Waals surface area contributed by atoms with Gasteiger partial charge in [-0.25, -0.2) is 0 Å². The number of anilines is 3. The maximum atomic E-state index is 6.04. The minimum Gasteiger partial charge on any atom is -0.480 e. The van der Waals surface area contributed by atoms with Gasteiger partial charge in [-0.05, 0) is 112 Å². The highest BCUT2D eigenvalue weighted by atomic mass is 32.2. The maximum Gasteiger partial charge on any atom is 0.196 e. The van der Waals surface area contributed by atoms with Gasteiger partial charge >= 0.3 is 0 Å². The van der Waals surface area contributed by atoms with E-state index < -0.39 is 0 Å². The van der Waals surface area contributed by atoms with Gasteiger partial charge in [0.15, 0.2) is 6.29 Å². The first kappa shape index (κ1) is 29.1. The van der Waals surface area contributed by atoms with Gasteiger partial charge in [-0.1, -0.05) is 13.8 Å². The first-order chi connectivity index (χ1) is 17.9. The van der Waals surface area contributed by atoms with Crippen molar-refractivity contribution in [1.29, 1.82) is 0 Å². The normalized spacial score (nSPS) is 13.5. The lowest BCUT2D eigenvalue weighted by atomic mass is 10.2. The Kier molecular flexibility index (Phi) is 11.8. The van der Waals surface area contributed by atoms with E-state index in [-0.39, 0.29) is 17.2 Å². The Bertz CT molecular complexity index is 908.